The number of carboxylic acid groups (broad SMARTS) is 1. The van der Waals surface area contributed by atoms with Crippen molar-refractivity contribution in [1.82, 2.24) is 4.90 Å². The Labute approximate surface area is 115 Å². The molecule has 1 rings (SSSR count). The number of carboxylic acids is 1. The number of hydrogen-bond donors (Lipinski definition) is 2. The highest BCUT2D eigenvalue weighted by Crippen LogP contribution is 2.16. The fraction of sp³-hybridized carbons (Fsp3) is 0.385. The first-order valence-electron chi connectivity index (χ1n) is 6.09. The minimum atomic E-state index is -1.03. The van der Waals surface area contributed by atoms with Gasteiger partial charge in [-0.15, -0.1) is 0 Å². The van der Waals surface area contributed by atoms with Crippen LogP contribution in [-0.2, 0) is 4.79 Å². The maximum absolute atomic E-state index is 13.4. The van der Waals surface area contributed by atoms with Crippen molar-refractivity contribution in [2.24, 2.45) is 0 Å². The molecule has 0 radical (unpaired) electrons. The third kappa shape index (κ3) is 4.18. The molecule has 0 aliphatic carbocycles. The van der Waals surface area contributed by atoms with Crippen LogP contribution in [0.4, 0.5) is 19.3 Å². The summed E-state index contributed by atoms with van der Waals surface area (Å²) >= 11 is 0. The van der Waals surface area contributed by atoms with Gasteiger partial charge in [-0.25, -0.2) is 13.6 Å². The molecule has 0 aliphatic heterocycles. The molecule has 0 saturated heterocycles. The van der Waals surface area contributed by atoms with Gasteiger partial charge in [-0.2, -0.15) is 0 Å². The van der Waals surface area contributed by atoms with Crippen LogP contribution in [-0.4, -0.2) is 34.6 Å². The Kier molecular flexibility index (Phi) is 5.42. The second kappa shape index (κ2) is 6.83. The third-order valence-electron chi connectivity index (χ3n) is 2.78. The number of halogens is 2. The fourth-order valence-corrected chi connectivity index (χ4v) is 1.80. The first-order valence-corrected chi connectivity index (χ1v) is 6.09. The second-order valence-corrected chi connectivity index (χ2v) is 4.29. The van der Waals surface area contributed by atoms with E-state index in [1.807, 2.05) is 0 Å². The average Bonchev–Trinajstić information content (AvgIpc) is 2.32. The van der Waals surface area contributed by atoms with Crippen LogP contribution in [0.15, 0.2) is 18.2 Å². The number of urea groups is 1. The van der Waals surface area contributed by atoms with Gasteiger partial charge in [0.05, 0.1) is 12.1 Å². The van der Waals surface area contributed by atoms with Crippen LogP contribution in [0.5, 0.6) is 0 Å². The number of hydrogen-bond acceptors (Lipinski definition) is 2. The molecule has 0 heterocycles. The average molecular weight is 286 g/mol. The van der Waals surface area contributed by atoms with Crippen molar-refractivity contribution < 1.29 is 23.5 Å². The Balaban J connectivity index is 2.79. The number of nitrogens with zero attached hydrogens (tertiary/aromatic N) is 1. The lowest BCUT2D eigenvalue weighted by Crippen LogP contribution is -2.42. The fourth-order valence-electron chi connectivity index (χ4n) is 1.80. The van der Waals surface area contributed by atoms with Gasteiger partial charge in [0, 0.05) is 18.7 Å². The normalized spacial score (nSPS) is 11.8. The Morgan fingerprint density at radius 3 is 2.55 bits per heavy atom. The highest BCUT2D eigenvalue weighted by atomic mass is 19.1. The van der Waals surface area contributed by atoms with E-state index in [0.29, 0.717) is 6.07 Å². The Morgan fingerprint density at radius 1 is 1.40 bits per heavy atom. The molecule has 0 bridgehead atoms. The van der Waals surface area contributed by atoms with E-state index in [4.69, 9.17) is 5.11 Å². The second-order valence-electron chi connectivity index (χ2n) is 4.29. The van der Waals surface area contributed by atoms with Crippen LogP contribution >= 0.6 is 0 Å². The number of benzene rings is 1. The molecular weight excluding hydrogens is 270 g/mol. The summed E-state index contributed by atoms with van der Waals surface area (Å²) in [5, 5.41) is 11.0. The van der Waals surface area contributed by atoms with Crippen LogP contribution in [0.1, 0.15) is 20.3 Å². The number of rotatable bonds is 5. The largest absolute Gasteiger partial charge is 0.481 e. The predicted molar refractivity (Wildman–Crippen MR) is 69.5 cm³/mol. The molecule has 0 spiro atoms. The molecular formula is C13H16F2N2O3. The maximum atomic E-state index is 13.4. The summed E-state index contributed by atoms with van der Waals surface area (Å²) in [5.41, 5.74) is -0.155. The van der Waals surface area contributed by atoms with Crippen molar-refractivity contribution in [2.75, 3.05) is 11.9 Å². The number of amides is 2. The summed E-state index contributed by atoms with van der Waals surface area (Å²) in [4.78, 5) is 23.9. The Bertz CT molecular complexity index is 508. The van der Waals surface area contributed by atoms with E-state index in [1.165, 1.54) is 4.90 Å². The number of carbonyl (C=O) groups is 2. The molecule has 0 saturated carbocycles. The first-order chi connectivity index (χ1) is 9.35. The smallest absolute Gasteiger partial charge is 0.322 e. The highest BCUT2D eigenvalue weighted by molar-refractivity contribution is 5.89. The van der Waals surface area contributed by atoms with E-state index in [0.717, 1.165) is 12.1 Å². The molecule has 7 heteroatoms. The van der Waals surface area contributed by atoms with Crippen molar-refractivity contribution in [2.45, 2.75) is 26.3 Å². The summed E-state index contributed by atoms with van der Waals surface area (Å²) in [7, 11) is 0. The third-order valence-corrected chi connectivity index (χ3v) is 2.78. The molecule has 0 fully saturated rings. The number of anilines is 1. The molecule has 1 atom stereocenters. The van der Waals surface area contributed by atoms with E-state index in [2.05, 4.69) is 5.32 Å². The van der Waals surface area contributed by atoms with Gasteiger partial charge in [-0.3, -0.25) is 4.79 Å². The minimum Gasteiger partial charge on any atom is -0.481 e. The zero-order chi connectivity index (χ0) is 15.3. The number of carbonyl (C=O) groups excluding carboxylic acids is 1. The summed E-state index contributed by atoms with van der Waals surface area (Å²) in [6, 6.07) is 1.62. The lowest BCUT2D eigenvalue weighted by Gasteiger charge is -2.27. The minimum absolute atomic E-state index is 0.155. The zero-order valence-corrected chi connectivity index (χ0v) is 11.2. The standard InChI is InChI=1S/C13H16F2N2O3/c1-3-17(8(2)6-12(18)19)13(20)16-11-5-4-9(14)7-10(11)15/h4-5,7-8H,3,6H2,1-2H3,(H,16,20)(H,18,19). The predicted octanol–water partition coefficient (Wildman–Crippen LogP) is 2.68. The number of nitrogens with one attached hydrogen (secondary N) is 1. The molecule has 0 aromatic heterocycles. The molecule has 110 valence electrons. The van der Waals surface area contributed by atoms with Gasteiger partial charge >= 0.3 is 12.0 Å². The molecule has 5 nitrogen and oxygen atoms in total. The monoisotopic (exact) mass is 286 g/mol. The Morgan fingerprint density at radius 2 is 2.05 bits per heavy atom. The van der Waals surface area contributed by atoms with E-state index < -0.39 is 29.7 Å². The summed E-state index contributed by atoms with van der Waals surface area (Å²) in [6.45, 7) is 3.53. The van der Waals surface area contributed by atoms with Crippen LogP contribution in [0.2, 0.25) is 0 Å². The van der Waals surface area contributed by atoms with Crippen LogP contribution in [0.3, 0.4) is 0 Å². The van der Waals surface area contributed by atoms with E-state index in [1.54, 1.807) is 13.8 Å². The van der Waals surface area contributed by atoms with Gasteiger partial charge in [-0.1, -0.05) is 0 Å². The van der Waals surface area contributed by atoms with Crippen molar-refractivity contribution in [3.63, 3.8) is 0 Å². The van der Waals surface area contributed by atoms with E-state index >= 15 is 0 Å². The molecule has 20 heavy (non-hydrogen) atoms. The molecule has 1 aromatic carbocycles. The maximum Gasteiger partial charge on any atom is 0.322 e. The molecule has 2 N–H and O–H groups in total. The van der Waals surface area contributed by atoms with Gasteiger partial charge in [0.15, 0.2) is 0 Å². The van der Waals surface area contributed by atoms with Crippen molar-refractivity contribution in [1.29, 1.82) is 0 Å². The SMILES string of the molecule is CCN(C(=O)Nc1ccc(F)cc1F)C(C)CC(=O)O. The summed E-state index contributed by atoms with van der Waals surface area (Å²) < 4.78 is 26.2. The van der Waals surface area contributed by atoms with Gasteiger partial charge in [0.1, 0.15) is 11.6 Å². The first kappa shape index (κ1) is 15.9. The lowest BCUT2D eigenvalue weighted by molar-refractivity contribution is -0.137. The van der Waals surface area contributed by atoms with E-state index in [-0.39, 0.29) is 18.7 Å². The molecule has 1 unspecified atom stereocenters. The van der Waals surface area contributed by atoms with Crippen molar-refractivity contribution >= 4 is 17.7 Å². The van der Waals surface area contributed by atoms with Crippen molar-refractivity contribution in [3.05, 3.63) is 29.8 Å². The van der Waals surface area contributed by atoms with Gasteiger partial charge in [0.25, 0.3) is 0 Å². The lowest BCUT2D eigenvalue weighted by atomic mass is 10.2. The summed E-state index contributed by atoms with van der Waals surface area (Å²) in [5.74, 6) is -2.66. The quantitative estimate of drug-likeness (QED) is 0.874. The highest BCUT2D eigenvalue weighted by Gasteiger charge is 2.21. The van der Waals surface area contributed by atoms with E-state index in [9.17, 15) is 18.4 Å². The Hall–Kier alpha value is -2.18. The van der Waals surface area contributed by atoms with Crippen LogP contribution < -0.4 is 5.32 Å². The number of aliphatic carboxylic acids is 1. The molecule has 1 aromatic rings. The zero-order valence-electron chi connectivity index (χ0n) is 11.2. The van der Waals surface area contributed by atoms with Crippen LogP contribution in [0, 0.1) is 11.6 Å². The van der Waals surface area contributed by atoms with Gasteiger partial charge in [-0.05, 0) is 26.0 Å². The van der Waals surface area contributed by atoms with Gasteiger partial charge in [0.2, 0.25) is 0 Å². The van der Waals surface area contributed by atoms with Gasteiger partial charge < -0.3 is 15.3 Å². The molecule has 0 aliphatic rings. The van der Waals surface area contributed by atoms with Crippen molar-refractivity contribution in [3.8, 4) is 0 Å². The van der Waals surface area contributed by atoms with Crippen LogP contribution in [0.25, 0.3) is 0 Å². The molecule has 2 amide bonds. The summed E-state index contributed by atoms with van der Waals surface area (Å²) in [6.07, 6.45) is -0.215. The topological polar surface area (TPSA) is 69.6 Å².